The summed E-state index contributed by atoms with van der Waals surface area (Å²) in [6.45, 7) is 0.566. The lowest BCUT2D eigenvalue weighted by Crippen LogP contribution is -2.29. The highest BCUT2D eigenvalue weighted by Crippen LogP contribution is 2.41. The molecule has 1 aliphatic carbocycles. The predicted octanol–water partition coefficient (Wildman–Crippen LogP) is 2.99. The van der Waals surface area contributed by atoms with Gasteiger partial charge < -0.3 is 15.1 Å². The van der Waals surface area contributed by atoms with Gasteiger partial charge in [0.1, 0.15) is 0 Å². The van der Waals surface area contributed by atoms with E-state index in [1.165, 1.54) is 0 Å². The number of hydrogen-bond donors (Lipinski definition) is 1. The number of amides is 2. The number of nitrogens with zero attached hydrogens (tertiary/aromatic N) is 2. The quantitative estimate of drug-likeness (QED) is 0.870. The number of benzene rings is 2. The standard InChI is InChI=1S/C21H25N3O2/c1-23(2)17-11-9-16(10-12-17)22-20(25)18-13-19(18)21(26)24(3)14-15-7-5-4-6-8-15/h4-12,18-19H,13-14H2,1-3H3,(H,22,25). The summed E-state index contributed by atoms with van der Waals surface area (Å²) < 4.78 is 0. The van der Waals surface area contributed by atoms with Gasteiger partial charge in [-0.1, -0.05) is 30.3 Å². The first-order valence-corrected chi connectivity index (χ1v) is 8.83. The lowest BCUT2D eigenvalue weighted by Gasteiger charge is -2.17. The van der Waals surface area contributed by atoms with Crippen molar-refractivity contribution in [2.75, 3.05) is 31.4 Å². The minimum atomic E-state index is -0.228. The second-order valence-electron chi connectivity index (χ2n) is 7.06. The monoisotopic (exact) mass is 351 g/mol. The maximum atomic E-state index is 12.5. The Bertz CT molecular complexity index is 772. The van der Waals surface area contributed by atoms with Crippen LogP contribution in [0.3, 0.4) is 0 Å². The predicted molar refractivity (Wildman–Crippen MR) is 104 cm³/mol. The molecule has 2 unspecified atom stereocenters. The van der Waals surface area contributed by atoms with E-state index in [1.54, 1.807) is 11.9 Å². The number of hydrogen-bond acceptors (Lipinski definition) is 3. The summed E-state index contributed by atoms with van der Waals surface area (Å²) in [4.78, 5) is 28.6. The molecule has 0 heterocycles. The van der Waals surface area contributed by atoms with E-state index < -0.39 is 0 Å². The molecule has 1 fully saturated rings. The van der Waals surface area contributed by atoms with Crippen LogP contribution in [0.25, 0.3) is 0 Å². The Kier molecular flexibility index (Phi) is 5.26. The SMILES string of the molecule is CN(Cc1ccccc1)C(=O)C1CC1C(=O)Nc1ccc(N(C)C)cc1. The molecule has 2 atom stereocenters. The molecular formula is C21H25N3O2. The van der Waals surface area contributed by atoms with Gasteiger partial charge in [-0.2, -0.15) is 0 Å². The van der Waals surface area contributed by atoms with Crippen LogP contribution in [-0.2, 0) is 16.1 Å². The summed E-state index contributed by atoms with van der Waals surface area (Å²) in [6, 6.07) is 17.6. The zero-order valence-corrected chi connectivity index (χ0v) is 15.5. The van der Waals surface area contributed by atoms with Crippen LogP contribution in [0.1, 0.15) is 12.0 Å². The third-order valence-electron chi connectivity index (χ3n) is 4.73. The first-order valence-electron chi connectivity index (χ1n) is 8.83. The van der Waals surface area contributed by atoms with Gasteiger partial charge >= 0.3 is 0 Å². The van der Waals surface area contributed by atoms with Crippen LogP contribution in [0.2, 0.25) is 0 Å². The molecule has 2 aromatic carbocycles. The van der Waals surface area contributed by atoms with E-state index in [0.717, 1.165) is 16.9 Å². The molecule has 0 aliphatic heterocycles. The van der Waals surface area contributed by atoms with Crippen molar-refractivity contribution in [2.24, 2.45) is 11.8 Å². The molecule has 0 radical (unpaired) electrons. The molecule has 5 heteroatoms. The Balaban J connectivity index is 1.52. The Morgan fingerprint density at radius 2 is 1.62 bits per heavy atom. The second-order valence-corrected chi connectivity index (χ2v) is 7.06. The number of rotatable bonds is 6. The van der Waals surface area contributed by atoms with E-state index in [1.807, 2.05) is 73.6 Å². The topological polar surface area (TPSA) is 52.7 Å². The Morgan fingerprint density at radius 3 is 2.23 bits per heavy atom. The fraction of sp³-hybridized carbons (Fsp3) is 0.333. The maximum absolute atomic E-state index is 12.5. The minimum absolute atomic E-state index is 0.0389. The van der Waals surface area contributed by atoms with Crippen molar-refractivity contribution < 1.29 is 9.59 Å². The highest BCUT2D eigenvalue weighted by Gasteiger charge is 2.49. The van der Waals surface area contributed by atoms with Crippen molar-refractivity contribution in [3.05, 3.63) is 60.2 Å². The third kappa shape index (κ3) is 4.23. The number of carbonyl (C=O) groups excluding carboxylic acids is 2. The normalized spacial score (nSPS) is 18.1. The van der Waals surface area contributed by atoms with Gasteiger partial charge in [0.05, 0.1) is 11.8 Å². The van der Waals surface area contributed by atoms with Gasteiger partial charge in [0.25, 0.3) is 0 Å². The maximum Gasteiger partial charge on any atom is 0.228 e. The molecule has 0 aromatic heterocycles. The molecule has 26 heavy (non-hydrogen) atoms. The number of carbonyl (C=O) groups is 2. The molecule has 0 saturated heterocycles. The molecule has 2 amide bonds. The smallest absolute Gasteiger partial charge is 0.228 e. The van der Waals surface area contributed by atoms with E-state index >= 15 is 0 Å². The fourth-order valence-electron chi connectivity index (χ4n) is 3.05. The number of anilines is 2. The van der Waals surface area contributed by atoms with E-state index in [0.29, 0.717) is 13.0 Å². The zero-order chi connectivity index (χ0) is 18.7. The molecule has 1 aliphatic rings. The average Bonchev–Trinajstić information content (AvgIpc) is 3.43. The summed E-state index contributed by atoms with van der Waals surface area (Å²) >= 11 is 0. The molecular weight excluding hydrogens is 326 g/mol. The van der Waals surface area contributed by atoms with Gasteiger partial charge in [-0.15, -0.1) is 0 Å². The van der Waals surface area contributed by atoms with Gasteiger partial charge in [-0.3, -0.25) is 9.59 Å². The van der Waals surface area contributed by atoms with Crippen molar-refractivity contribution >= 4 is 23.2 Å². The van der Waals surface area contributed by atoms with Crippen molar-refractivity contribution in [2.45, 2.75) is 13.0 Å². The van der Waals surface area contributed by atoms with Gasteiger partial charge in [0.15, 0.2) is 0 Å². The first kappa shape index (κ1) is 18.0. The highest BCUT2D eigenvalue weighted by molar-refractivity contribution is 5.99. The minimum Gasteiger partial charge on any atom is -0.378 e. The molecule has 5 nitrogen and oxygen atoms in total. The highest BCUT2D eigenvalue weighted by atomic mass is 16.2. The van der Waals surface area contributed by atoms with Gasteiger partial charge in [-0.25, -0.2) is 0 Å². The lowest BCUT2D eigenvalue weighted by atomic mass is 10.2. The van der Waals surface area contributed by atoms with Crippen LogP contribution in [0, 0.1) is 11.8 Å². The van der Waals surface area contributed by atoms with Crippen LogP contribution in [0.5, 0.6) is 0 Å². The molecule has 1 saturated carbocycles. The van der Waals surface area contributed by atoms with Crippen LogP contribution >= 0.6 is 0 Å². The van der Waals surface area contributed by atoms with E-state index in [9.17, 15) is 9.59 Å². The van der Waals surface area contributed by atoms with Gasteiger partial charge in [0.2, 0.25) is 11.8 Å². The molecule has 0 spiro atoms. The summed E-state index contributed by atoms with van der Waals surface area (Å²) in [5.41, 5.74) is 2.92. The number of nitrogens with one attached hydrogen (secondary N) is 1. The Labute approximate surface area is 154 Å². The molecule has 1 N–H and O–H groups in total. The first-order chi connectivity index (χ1) is 12.5. The van der Waals surface area contributed by atoms with E-state index in [4.69, 9.17) is 0 Å². The third-order valence-corrected chi connectivity index (χ3v) is 4.73. The van der Waals surface area contributed by atoms with Gasteiger partial charge in [0, 0.05) is 39.1 Å². The fourth-order valence-corrected chi connectivity index (χ4v) is 3.05. The van der Waals surface area contributed by atoms with Crippen molar-refractivity contribution in [1.82, 2.24) is 4.90 Å². The van der Waals surface area contributed by atoms with E-state index in [-0.39, 0.29) is 23.7 Å². The lowest BCUT2D eigenvalue weighted by molar-refractivity contribution is -0.133. The summed E-state index contributed by atoms with van der Waals surface area (Å²) in [7, 11) is 5.74. The Morgan fingerprint density at radius 1 is 0.962 bits per heavy atom. The summed E-state index contributed by atoms with van der Waals surface area (Å²) in [5, 5.41) is 2.92. The second kappa shape index (κ2) is 7.60. The zero-order valence-electron chi connectivity index (χ0n) is 15.5. The molecule has 0 bridgehead atoms. The van der Waals surface area contributed by atoms with Crippen molar-refractivity contribution in [1.29, 1.82) is 0 Å². The summed E-state index contributed by atoms with van der Waals surface area (Å²) in [6.07, 6.45) is 0.625. The summed E-state index contributed by atoms with van der Waals surface area (Å²) in [5.74, 6) is -0.468. The largest absolute Gasteiger partial charge is 0.378 e. The molecule has 2 aromatic rings. The molecule has 3 rings (SSSR count). The van der Waals surface area contributed by atoms with Crippen LogP contribution in [-0.4, -0.2) is 37.9 Å². The van der Waals surface area contributed by atoms with Crippen molar-refractivity contribution in [3.63, 3.8) is 0 Å². The van der Waals surface area contributed by atoms with Gasteiger partial charge in [-0.05, 0) is 36.2 Å². The van der Waals surface area contributed by atoms with Crippen LogP contribution < -0.4 is 10.2 Å². The van der Waals surface area contributed by atoms with E-state index in [2.05, 4.69) is 5.32 Å². The van der Waals surface area contributed by atoms with Crippen molar-refractivity contribution in [3.8, 4) is 0 Å². The Hall–Kier alpha value is -2.82. The van der Waals surface area contributed by atoms with Crippen LogP contribution in [0.4, 0.5) is 11.4 Å². The average molecular weight is 351 g/mol. The molecule has 136 valence electrons. The van der Waals surface area contributed by atoms with Crippen LogP contribution in [0.15, 0.2) is 54.6 Å².